The Hall–Kier alpha value is -6.85. The number of furan rings is 2. The Morgan fingerprint density at radius 3 is 1.52 bits per heavy atom. The molecular weight excluding hydrogens is 615 g/mol. The van der Waals surface area contributed by atoms with Gasteiger partial charge in [-0.05, 0) is 29.3 Å². The fourth-order valence-electron chi connectivity index (χ4n) is 5.98. The molecule has 0 amide bonds. The minimum Gasteiger partial charge on any atom is -0.455 e. The van der Waals surface area contributed by atoms with Gasteiger partial charge in [0.1, 0.15) is 22.3 Å². The summed E-state index contributed by atoms with van der Waals surface area (Å²) in [5.41, 5.74) is 0.780. The minimum absolute atomic E-state index is 0.132. The van der Waals surface area contributed by atoms with Crippen LogP contribution in [0.3, 0.4) is 0 Å². The summed E-state index contributed by atoms with van der Waals surface area (Å²) in [6.45, 7) is 0. The van der Waals surface area contributed by atoms with Crippen molar-refractivity contribution in [2.24, 2.45) is 0 Å². The predicted octanol–water partition coefficient (Wildman–Crippen LogP) is 12.0. The van der Waals surface area contributed by atoms with Crippen LogP contribution < -0.4 is 0 Å². The van der Waals surface area contributed by atoms with Crippen LogP contribution in [-0.2, 0) is 0 Å². The Morgan fingerprint density at radius 2 is 0.860 bits per heavy atom. The molecule has 0 atom stereocenters. The third-order valence-corrected chi connectivity index (χ3v) is 8.39. The Bertz CT molecular complexity index is 3600. The molecule has 3 heterocycles. The molecule has 7 aromatic carbocycles. The monoisotopic (exact) mass is 654 g/mol. The van der Waals surface area contributed by atoms with E-state index >= 15 is 0 Å². The topological polar surface area (TPSA) is 65.0 Å². The van der Waals surface area contributed by atoms with Crippen molar-refractivity contribution in [3.05, 3.63) is 163 Å². The summed E-state index contributed by atoms with van der Waals surface area (Å²) in [7, 11) is 0. The van der Waals surface area contributed by atoms with Gasteiger partial charge in [0.25, 0.3) is 0 Å². The average molecular weight is 655 g/mol. The van der Waals surface area contributed by atoms with Crippen LogP contribution >= 0.6 is 0 Å². The highest BCUT2D eigenvalue weighted by atomic mass is 16.3. The number of benzene rings is 7. The molecular formula is C45H27N3O2. The second-order valence-corrected chi connectivity index (χ2v) is 11.4. The van der Waals surface area contributed by atoms with Crippen LogP contribution in [0.2, 0.25) is 0 Å². The molecule has 50 heavy (non-hydrogen) atoms. The molecule has 3 aromatic heterocycles. The predicted molar refractivity (Wildman–Crippen MR) is 202 cm³/mol. The third-order valence-electron chi connectivity index (χ3n) is 8.39. The van der Waals surface area contributed by atoms with Crippen LogP contribution in [-0.4, -0.2) is 15.0 Å². The zero-order valence-corrected chi connectivity index (χ0v) is 25.7. The van der Waals surface area contributed by atoms with Gasteiger partial charge in [-0.1, -0.05) is 145 Å². The Labute approximate surface area is 305 Å². The molecule has 0 radical (unpaired) electrons. The maximum atomic E-state index is 9.53. The Morgan fingerprint density at radius 1 is 0.380 bits per heavy atom. The number of nitrogens with zero attached hydrogens (tertiary/aromatic N) is 3. The number of hydrogen-bond acceptors (Lipinski definition) is 5. The number of hydrogen-bond donors (Lipinski definition) is 0. The lowest BCUT2D eigenvalue weighted by Gasteiger charge is -2.09. The fourth-order valence-corrected chi connectivity index (χ4v) is 5.98. The first-order valence-electron chi connectivity index (χ1n) is 22.1. The van der Waals surface area contributed by atoms with Crippen molar-refractivity contribution in [1.82, 2.24) is 15.0 Å². The molecule has 0 bridgehead atoms. The van der Waals surface area contributed by atoms with E-state index < -0.39 is 78.6 Å². The fraction of sp³-hybridized carbons (Fsp3) is 0. The highest BCUT2D eigenvalue weighted by Gasteiger charge is 2.19. The molecule has 234 valence electrons. The van der Waals surface area contributed by atoms with E-state index in [-0.39, 0.29) is 78.0 Å². The zero-order chi connectivity index (χ0) is 44.3. The van der Waals surface area contributed by atoms with Gasteiger partial charge in [0.05, 0.1) is 17.8 Å². The van der Waals surface area contributed by atoms with Crippen LogP contribution in [0.25, 0.3) is 100 Å². The van der Waals surface area contributed by atoms with E-state index in [1.165, 1.54) is 0 Å². The van der Waals surface area contributed by atoms with Gasteiger partial charge in [0, 0.05) is 49.4 Å². The van der Waals surface area contributed by atoms with Crippen molar-refractivity contribution in [2.75, 3.05) is 0 Å². The lowest BCUT2D eigenvalue weighted by atomic mass is 10.00. The van der Waals surface area contributed by atoms with E-state index in [0.29, 0.717) is 11.1 Å². The van der Waals surface area contributed by atoms with E-state index in [1.54, 1.807) is 24.3 Å². The smallest absolute Gasteiger partial charge is 0.164 e. The second-order valence-electron chi connectivity index (χ2n) is 11.4. The summed E-state index contributed by atoms with van der Waals surface area (Å²) in [6.07, 6.45) is 0. The third kappa shape index (κ3) is 4.67. The molecule has 0 aliphatic carbocycles. The quantitative estimate of drug-likeness (QED) is 0.185. The van der Waals surface area contributed by atoms with E-state index in [0.717, 1.165) is 11.1 Å². The molecule has 5 nitrogen and oxygen atoms in total. The van der Waals surface area contributed by atoms with Gasteiger partial charge < -0.3 is 8.83 Å². The van der Waals surface area contributed by atoms with Crippen LogP contribution in [0.15, 0.2) is 172 Å². The molecule has 0 unspecified atom stereocenters. The van der Waals surface area contributed by atoms with Crippen molar-refractivity contribution >= 4 is 43.9 Å². The zero-order valence-electron chi connectivity index (χ0n) is 38.7. The Balaban J connectivity index is 1.26. The molecule has 0 saturated heterocycles. The average Bonchev–Trinajstić information content (AvgIpc) is 3.91. The maximum Gasteiger partial charge on any atom is 0.164 e. The van der Waals surface area contributed by atoms with E-state index in [2.05, 4.69) is 0 Å². The molecule has 10 rings (SSSR count). The second kappa shape index (κ2) is 11.4. The van der Waals surface area contributed by atoms with Crippen molar-refractivity contribution in [3.8, 4) is 56.4 Å². The number of aromatic nitrogens is 3. The van der Waals surface area contributed by atoms with Crippen molar-refractivity contribution < 1.29 is 26.7 Å². The lowest BCUT2D eigenvalue weighted by molar-refractivity contribution is 0.665. The van der Waals surface area contributed by atoms with Gasteiger partial charge in [-0.2, -0.15) is 0 Å². The molecule has 0 spiro atoms. The first-order chi connectivity index (χ1) is 30.2. The standard InChI is InChI=1S/C45H27N3O2/c1-3-11-28(12-4-1)29-21-23-31(24-22-29)44-46-43(30-13-5-2-6-14-30)47-45(48-44)32-25-26-34-36-17-10-19-38(42(36)50-40(34)27-32)37-18-9-16-35-33-15-7-8-20-39(33)49-41(35)37/h1-27H/i7D,8D,9D,10D,15D,16D,17D,18D,19D,20D,25D,26D,27D. The molecule has 0 aliphatic rings. The first kappa shape index (κ1) is 18.1. The van der Waals surface area contributed by atoms with Crippen LogP contribution in [0.4, 0.5) is 0 Å². The van der Waals surface area contributed by atoms with Crippen molar-refractivity contribution in [2.45, 2.75) is 0 Å². The van der Waals surface area contributed by atoms with Crippen LogP contribution in [0.1, 0.15) is 17.8 Å². The maximum absolute atomic E-state index is 9.53. The highest BCUT2D eigenvalue weighted by molar-refractivity contribution is 6.15. The van der Waals surface area contributed by atoms with Gasteiger partial charge in [-0.25, -0.2) is 15.0 Å². The van der Waals surface area contributed by atoms with Crippen LogP contribution in [0, 0.1) is 0 Å². The normalized spacial score (nSPS) is 15.2. The number of fused-ring (bicyclic) bond motifs is 6. The highest BCUT2D eigenvalue weighted by Crippen LogP contribution is 2.41. The number of rotatable bonds is 5. The van der Waals surface area contributed by atoms with Crippen molar-refractivity contribution in [3.63, 3.8) is 0 Å². The lowest BCUT2D eigenvalue weighted by Crippen LogP contribution is -2.00. The summed E-state index contributed by atoms with van der Waals surface area (Å²) >= 11 is 0. The molecule has 0 N–H and O–H groups in total. The van der Waals surface area contributed by atoms with E-state index in [1.807, 2.05) is 60.7 Å². The molecule has 0 aliphatic heterocycles. The Kier molecular flexibility index (Phi) is 4.12. The summed E-state index contributed by atoms with van der Waals surface area (Å²) in [6, 6.07) is 18.6. The summed E-state index contributed by atoms with van der Waals surface area (Å²) < 4.78 is 128. The van der Waals surface area contributed by atoms with Gasteiger partial charge in [0.2, 0.25) is 0 Å². The summed E-state index contributed by atoms with van der Waals surface area (Å²) in [5.74, 6) is 0.299. The van der Waals surface area contributed by atoms with Gasteiger partial charge >= 0.3 is 0 Å². The molecule has 5 heteroatoms. The minimum atomic E-state index is -0.691. The molecule has 0 saturated carbocycles. The van der Waals surface area contributed by atoms with Gasteiger partial charge in [0.15, 0.2) is 17.5 Å². The first-order valence-corrected chi connectivity index (χ1v) is 15.6. The number of para-hydroxylation sites is 3. The molecule has 10 aromatic rings. The summed E-state index contributed by atoms with van der Waals surface area (Å²) in [5, 5.41) is -0.928. The largest absolute Gasteiger partial charge is 0.455 e. The van der Waals surface area contributed by atoms with Gasteiger partial charge in [-0.3, -0.25) is 0 Å². The van der Waals surface area contributed by atoms with E-state index in [4.69, 9.17) is 37.5 Å². The molecule has 0 fully saturated rings. The van der Waals surface area contributed by atoms with Crippen LogP contribution in [0.5, 0.6) is 0 Å². The SMILES string of the molecule is [2H]c1c([2H])c([2H])c2c(oc3c(-c4c([2H])c([2H])c([2H])c5c4oc4c([2H])c(-c6nc(-c7ccccc7)nc(-c7ccc(-c8ccccc8)cc7)n6)c([2H])c([2H])c45)c([2H])c([2H])c([2H])c32)c1[2H]. The van der Waals surface area contributed by atoms with Crippen molar-refractivity contribution in [1.29, 1.82) is 0 Å². The summed E-state index contributed by atoms with van der Waals surface area (Å²) in [4.78, 5) is 14.2. The van der Waals surface area contributed by atoms with Gasteiger partial charge in [-0.15, -0.1) is 0 Å². The van der Waals surface area contributed by atoms with E-state index in [9.17, 15) is 4.11 Å².